The topological polar surface area (TPSA) is 58.8 Å². The van der Waals surface area contributed by atoms with Crippen LogP contribution in [0.25, 0.3) is 11.8 Å². The van der Waals surface area contributed by atoms with E-state index in [-0.39, 0.29) is 12.4 Å². The van der Waals surface area contributed by atoms with Gasteiger partial charge in [-0.3, -0.25) is 5.32 Å². The molecule has 0 amide bonds. The van der Waals surface area contributed by atoms with Gasteiger partial charge in [0, 0.05) is 19.2 Å². The highest BCUT2D eigenvalue weighted by molar-refractivity contribution is 5.84. The molecule has 0 radical (unpaired) electrons. The molecule has 2 aliphatic heterocycles. The van der Waals surface area contributed by atoms with Crippen molar-refractivity contribution >= 4 is 23.3 Å². The van der Waals surface area contributed by atoms with Gasteiger partial charge in [-0.15, -0.1) is 0 Å². The van der Waals surface area contributed by atoms with E-state index in [1.54, 1.807) is 6.26 Å². The van der Waals surface area contributed by atoms with Gasteiger partial charge in [-0.25, -0.2) is 9.97 Å². The summed E-state index contributed by atoms with van der Waals surface area (Å²) in [5.74, 6) is 2.80. The molecule has 0 atom stereocenters. The van der Waals surface area contributed by atoms with E-state index in [4.69, 9.17) is 9.40 Å². The molecule has 1 fully saturated rings. The predicted molar refractivity (Wildman–Crippen MR) is 81.0 cm³/mol. The number of halogens is 1. The number of fused-ring (bicyclic) bond motifs is 1. The molecule has 2 aromatic rings. The minimum absolute atomic E-state index is 0. The molecule has 0 spiro atoms. The van der Waals surface area contributed by atoms with Crippen LogP contribution < -0.4 is 22.6 Å². The van der Waals surface area contributed by atoms with Crippen LogP contribution in [0.1, 0.15) is 36.5 Å². The van der Waals surface area contributed by atoms with Crippen LogP contribution in [0.2, 0.25) is 0 Å². The molecule has 0 bridgehead atoms. The van der Waals surface area contributed by atoms with Gasteiger partial charge in [0.25, 0.3) is 0 Å². The van der Waals surface area contributed by atoms with Gasteiger partial charge in [0.1, 0.15) is 11.5 Å². The van der Waals surface area contributed by atoms with Gasteiger partial charge in [-0.2, -0.15) is 0 Å². The number of hydrogen-bond donors (Lipinski definition) is 1. The van der Waals surface area contributed by atoms with Gasteiger partial charge in [-0.05, 0) is 38.3 Å². The first-order valence-electron chi connectivity index (χ1n) is 7.55. The summed E-state index contributed by atoms with van der Waals surface area (Å²) >= 11 is 0. The first-order chi connectivity index (χ1) is 10.3. The Bertz CT molecular complexity index is 690. The molecule has 2 aliphatic rings. The number of anilines is 1. The second kappa shape index (κ2) is 6.10. The maximum Gasteiger partial charge on any atom is 0.204 e. The van der Waals surface area contributed by atoms with E-state index in [1.807, 2.05) is 19.1 Å². The van der Waals surface area contributed by atoms with Crippen LogP contribution in [0.5, 0.6) is 0 Å². The maximum atomic E-state index is 5.50. The van der Waals surface area contributed by atoms with E-state index in [9.17, 15) is 0 Å². The van der Waals surface area contributed by atoms with Crippen molar-refractivity contribution in [1.29, 1.82) is 0 Å². The SMILES string of the molecule is Cc1nc2c(c(N3CCCCC3)n1)[NH2+]C(c1ccco1)=C2.[Cl-]. The molecule has 0 saturated carbocycles. The summed E-state index contributed by atoms with van der Waals surface area (Å²) in [5, 5.41) is 2.15. The average Bonchev–Trinajstić information content (AvgIpc) is 3.16. The van der Waals surface area contributed by atoms with E-state index < -0.39 is 0 Å². The van der Waals surface area contributed by atoms with Gasteiger partial charge in [-0.1, -0.05) is 0 Å². The summed E-state index contributed by atoms with van der Waals surface area (Å²) < 4.78 is 5.50. The summed E-state index contributed by atoms with van der Waals surface area (Å²) in [6.45, 7) is 4.14. The number of quaternary nitrogens is 1. The number of hydrogen-bond acceptors (Lipinski definition) is 4. The fraction of sp³-hybridized carbons (Fsp3) is 0.375. The molecule has 116 valence electrons. The molecular formula is C16H19ClN4O. The maximum absolute atomic E-state index is 5.50. The average molecular weight is 319 g/mol. The summed E-state index contributed by atoms with van der Waals surface area (Å²) in [5.41, 5.74) is 3.22. The molecule has 4 rings (SSSR count). The number of aromatic nitrogens is 2. The van der Waals surface area contributed by atoms with Crippen LogP contribution >= 0.6 is 0 Å². The number of piperidine rings is 1. The lowest BCUT2D eigenvalue weighted by Gasteiger charge is -2.28. The van der Waals surface area contributed by atoms with Crippen molar-refractivity contribution < 1.29 is 22.1 Å². The smallest absolute Gasteiger partial charge is 0.204 e. The van der Waals surface area contributed by atoms with Crippen LogP contribution in [0.3, 0.4) is 0 Å². The van der Waals surface area contributed by atoms with Gasteiger partial charge >= 0.3 is 0 Å². The predicted octanol–water partition coefficient (Wildman–Crippen LogP) is -0.921. The summed E-state index contributed by atoms with van der Waals surface area (Å²) in [6.07, 6.45) is 7.61. The van der Waals surface area contributed by atoms with Crippen LogP contribution in [0.4, 0.5) is 11.5 Å². The molecule has 22 heavy (non-hydrogen) atoms. The van der Waals surface area contributed by atoms with E-state index in [1.165, 1.54) is 19.3 Å². The molecule has 2 N–H and O–H groups in total. The zero-order chi connectivity index (χ0) is 14.2. The standard InChI is InChI=1S/C16H18N4O.ClH/c1-11-17-13-10-12(14-6-5-9-21-14)19-15(13)16(18-11)20-7-3-2-4-8-20;/h5-6,9-10,19H,2-4,7-8H2,1H3;1H. The third-order valence-corrected chi connectivity index (χ3v) is 4.12. The van der Waals surface area contributed by atoms with Gasteiger partial charge in [0.2, 0.25) is 5.69 Å². The number of rotatable bonds is 2. The van der Waals surface area contributed by atoms with Gasteiger partial charge in [0.05, 0.1) is 6.26 Å². The van der Waals surface area contributed by atoms with Gasteiger partial charge in [0.15, 0.2) is 17.3 Å². The van der Waals surface area contributed by atoms with Crippen molar-refractivity contribution in [2.75, 3.05) is 18.0 Å². The quantitative estimate of drug-likeness (QED) is 0.778. The van der Waals surface area contributed by atoms with Crippen LogP contribution in [-0.4, -0.2) is 23.1 Å². The molecule has 0 aromatic carbocycles. The van der Waals surface area contributed by atoms with Crippen LogP contribution in [0, 0.1) is 6.92 Å². The van der Waals surface area contributed by atoms with E-state index in [0.29, 0.717) is 0 Å². The summed E-state index contributed by atoms with van der Waals surface area (Å²) in [6, 6.07) is 3.89. The van der Waals surface area contributed by atoms with Crippen molar-refractivity contribution in [2.24, 2.45) is 0 Å². The highest BCUT2D eigenvalue weighted by Crippen LogP contribution is 2.31. The monoisotopic (exact) mass is 318 g/mol. The lowest BCUT2D eigenvalue weighted by Crippen LogP contribution is -3.00. The second-order valence-corrected chi connectivity index (χ2v) is 5.66. The largest absolute Gasteiger partial charge is 1.00 e. The first-order valence-corrected chi connectivity index (χ1v) is 7.55. The van der Waals surface area contributed by atoms with Crippen molar-refractivity contribution in [1.82, 2.24) is 9.97 Å². The zero-order valence-electron chi connectivity index (χ0n) is 12.6. The Kier molecular flexibility index (Phi) is 4.18. The normalized spacial score (nSPS) is 17.0. The number of nitrogens with zero attached hydrogens (tertiary/aromatic N) is 3. The van der Waals surface area contributed by atoms with Crippen molar-refractivity contribution in [3.8, 4) is 0 Å². The number of nitrogens with two attached hydrogens (primary N) is 1. The first kappa shape index (κ1) is 15.1. The Morgan fingerprint density at radius 1 is 1.18 bits per heavy atom. The minimum Gasteiger partial charge on any atom is -1.00 e. The van der Waals surface area contributed by atoms with E-state index in [0.717, 1.165) is 47.6 Å². The fourth-order valence-electron chi connectivity index (χ4n) is 3.11. The van der Waals surface area contributed by atoms with Crippen molar-refractivity contribution in [2.45, 2.75) is 26.2 Å². The second-order valence-electron chi connectivity index (χ2n) is 5.66. The summed E-state index contributed by atoms with van der Waals surface area (Å²) in [7, 11) is 0. The lowest BCUT2D eigenvalue weighted by atomic mass is 10.1. The molecule has 0 unspecified atom stereocenters. The molecule has 4 heterocycles. The molecule has 6 heteroatoms. The lowest BCUT2D eigenvalue weighted by molar-refractivity contribution is -0.465. The Labute approximate surface area is 135 Å². The van der Waals surface area contributed by atoms with Crippen LogP contribution in [-0.2, 0) is 0 Å². The highest BCUT2D eigenvalue weighted by Gasteiger charge is 2.29. The molecule has 1 saturated heterocycles. The summed E-state index contributed by atoms with van der Waals surface area (Å²) in [4.78, 5) is 11.7. The Balaban J connectivity index is 0.00000144. The molecule has 2 aromatic heterocycles. The zero-order valence-corrected chi connectivity index (χ0v) is 13.3. The molecular weight excluding hydrogens is 300 g/mol. The molecule has 5 nitrogen and oxygen atoms in total. The molecule has 0 aliphatic carbocycles. The number of aryl methyl sites for hydroxylation is 1. The van der Waals surface area contributed by atoms with E-state index >= 15 is 0 Å². The van der Waals surface area contributed by atoms with Gasteiger partial charge < -0.3 is 21.7 Å². The Hall–Kier alpha value is -1.85. The van der Waals surface area contributed by atoms with E-state index in [2.05, 4.69) is 21.3 Å². The van der Waals surface area contributed by atoms with Crippen LogP contribution in [0.15, 0.2) is 22.8 Å². The number of furan rings is 1. The minimum atomic E-state index is 0. The third-order valence-electron chi connectivity index (χ3n) is 4.12. The van der Waals surface area contributed by atoms with Crippen molar-refractivity contribution in [3.05, 3.63) is 35.7 Å². The van der Waals surface area contributed by atoms with Crippen molar-refractivity contribution in [3.63, 3.8) is 0 Å². The Morgan fingerprint density at radius 2 is 2.00 bits per heavy atom. The Morgan fingerprint density at radius 3 is 2.73 bits per heavy atom. The highest BCUT2D eigenvalue weighted by atomic mass is 35.5. The third kappa shape index (κ3) is 2.62. The fourth-order valence-corrected chi connectivity index (χ4v) is 3.11.